The van der Waals surface area contributed by atoms with E-state index in [2.05, 4.69) is 17.4 Å². The maximum absolute atomic E-state index is 6.31. The summed E-state index contributed by atoms with van der Waals surface area (Å²) in [6.07, 6.45) is 0.778. The number of allylic oxidation sites excluding steroid dienone is 1. The fourth-order valence-corrected chi connectivity index (χ4v) is 3.05. The van der Waals surface area contributed by atoms with Crippen LogP contribution in [0.1, 0.15) is 12.5 Å². The molecular formula is C19H21ClN2O2. The Morgan fingerprint density at radius 1 is 1.08 bits per heavy atom. The topological polar surface area (TPSA) is 33.7 Å². The van der Waals surface area contributed by atoms with E-state index >= 15 is 0 Å². The number of hydrazine groups is 1. The van der Waals surface area contributed by atoms with Crippen LogP contribution in [0.5, 0.6) is 11.5 Å². The lowest BCUT2D eigenvalue weighted by Gasteiger charge is -2.21. The number of halogens is 1. The summed E-state index contributed by atoms with van der Waals surface area (Å²) >= 11 is 6.31. The molecule has 0 saturated heterocycles. The van der Waals surface area contributed by atoms with Crippen molar-refractivity contribution in [3.8, 4) is 11.5 Å². The number of hydrogen-bond donors (Lipinski definition) is 1. The van der Waals surface area contributed by atoms with E-state index in [1.165, 1.54) is 11.3 Å². The number of hydrogen-bond acceptors (Lipinski definition) is 4. The highest BCUT2D eigenvalue weighted by Gasteiger charge is 2.21. The van der Waals surface area contributed by atoms with Gasteiger partial charge < -0.3 is 14.9 Å². The normalized spacial score (nSPS) is 13.9. The summed E-state index contributed by atoms with van der Waals surface area (Å²) < 4.78 is 10.7. The summed E-state index contributed by atoms with van der Waals surface area (Å²) in [5.74, 6) is 1.59. The molecule has 1 aliphatic rings. The van der Waals surface area contributed by atoms with Crippen molar-refractivity contribution in [2.24, 2.45) is 0 Å². The zero-order chi connectivity index (χ0) is 17.1. The summed E-state index contributed by atoms with van der Waals surface area (Å²) in [6, 6.07) is 13.8. The minimum Gasteiger partial charge on any atom is -0.497 e. The number of nitrogens with zero attached hydrogens (tertiary/aromatic N) is 1. The van der Waals surface area contributed by atoms with Crippen LogP contribution in [0, 0.1) is 0 Å². The average Bonchev–Trinajstić information content (AvgIpc) is 2.95. The molecule has 4 nitrogen and oxygen atoms in total. The molecule has 2 aromatic rings. The smallest absolute Gasteiger partial charge is 0.122 e. The highest BCUT2D eigenvalue weighted by molar-refractivity contribution is 6.33. The maximum Gasteiger partial charge on any atom is 0.122 e. The van der Waals surface area contributed by atoms with Crippen LogP contribution in [0.4, 0.5) is 5.69 Å². The van der Waals surface area contributed by atoms with Gasteiger partial charge in [0.25, 0.3) is 0 Å². The Hall–Kier alpha value is -2.33. The highest BCUT2D eigenvalue weighted by atomic mass is 35.5. The summed E-state index contributed by atoms with van der Waals surface area (Å²) in [5.41, 5.74) is 8.04. The highest BCUT2D eigenvalue weighted by Crippen LogP contribution is 2.30. The van der Waals surface area contributed by atoms with Crippen LogP contribution in [0.25, 0.3) is 0 Å². The number of rotatable bonds is 5. The number of ether oxygens (including phenoxy) is 2. The number of benzene rings is 2. The van der Waals surface area contributed by atoms with Gasteiger partial charge in [-0.05, 0) is 42.3 Å². The van der Waals surface area contributed by atoms with Crippen molar-refractivity contribution in [2.45, 2.75) is 13.3 Å². The largest absolute Gasteiger partial charge is 0.497 e. The predicted octanol–water partition coefficient (Wildman–Crippen LogP) is 4.20. The van der Waals surface area contributed by atoms with Crippen molar-refractivity contribution in [1.29, 1.82) is 0 Å². The Kier molecular flexibility index (Phi) is 4.86. The molecule has 0 amide bonds. The Labute approximate surface area is 147 Å². The lowest BCUT2D eigenvalue weighted by molar-refractivity contribution is 0.393. The molecule has 0 spiro atoms. The molecule has 24 heavy (non-hydrogen) atoms. The first kappa shape index (κ1) is 16.5. The van der Waals surface area contributed by atoms with Gasteiger partial charge in [-0.25, -0.2) is 0 Å². The second kappa shape index (κ2) is 7.05. The lowest BCUT2D eigenvalue weighted by Crippen LogP contribution is -2.32. The molecule has 1 N–H and O–H groups in total. The lowest BCUT2D eigenvalue weighted by atomic mass is 10.1. The maximum atomic E-state index is 6.31. The van der Waals surface area contributed by atoms with Crippen molar-refractivity contribution in [3.63, 3.8) is 0 Å². The molecule has 0 bridgehead atoms. The molecule has 0 atom stereocenters. The van der Waals surface area contributed by atoms with Crippen LogP contribution in [-0.4, -0.2) is 20.8 Å². The molecule has 0 saturated carbocycles. The summed E-state index contributed by atoms with van der Waals surface area (Å²) in [6.45, 7) is 2.94. The zero-order valence-corrected chi connectivity index (χ0v) is 14.9. The van der Waals surface area contributed by atoms with E-state index in [0.29, 0.717) is 0 Å². The number of nitrogens with one attached hydrogen (secondary N) is 1. The minimum absolute atomic E-state index is 0.738. The number of methoxy groups -OCH3 is 2. The van der Waals surface area contributed by atoms with Crippen LogP contribution in [0.15, 0.2) is 53.7 Å². The summed E-state index contributed by atoms with van der Waals surface area (Å²) in [5, 5.41) is 2.81. The van der Waals surface area contributed by atoms with Crippen LogP contribution < -0.4 is 19.9 Å². The Morgan fingerprint density at radius 3 is 2.38 bits per heavy atom. The Morgan fingerprint density at radius 2 is 1.75 bits per heavy atom. The zero-order valence-electron chi connectivity index (χ0n) is 14.1. The average molecular weight is 345 g/mol. The van der Waals surface area contributed by atoms with Crippen LogP contribution in [-0.2, 0) is 6.42 Å². The molecule has 126 valence electrons. The Bertz CT molecular complexity index is 751. The van der Waals surface area contributed by atoms with Gasteiger partial charge in [-0.1, -0.05) is 23.7 Å². The molecule has 0 fully saturated rings. The standard InChI is InChI=1S/C19H21ClN2O2/c1-13-12-22(19-7-5-4-6-17(19)20)21-18(13)10-14-8-15(23-2)11-16(9-14)24-3/h4-9,11,21H,10,12H2,1-3H3. The fraction of sp³-hybridized carbons (Fsp3) is 0.263. The third-order valence-corrected chi connectivity index (χ3v) is 4.44. The second-order valence-electron chi connectivity index (χ2n) is 5.81. The van der Waals surface area contributed by atoms with Gasteiger partial charge in [0.15, 0.2) is 0 Å². The molecule has 1 aliphatic heterocycles. The number of para-hydroxylation sites is 1. The predicted molar refractivity (Wildman–Crippen MR) is 97.9 cm³/mol. The van der Waals surface area contributed by atoms with Gasteiger partial charge in [-0.2, -0.15) is 0 Å². The van der Waals surface area contributed by atoms with E-state index < -0.39 is 0 Å². The first-order valence-corrected chi connectivity index (χ1v) is 8.18. The van der Waals surface area contributed by atoms with Crippen molar-refractivity contribution < 1.29 is 9.47 Å². The van der Waals surface area contributed by atoms with Crippen molar-refractivity contribution in [3.05, 3.63) is 64.3 Å². The fourth-order valence-electron chi connectivity index (χ4n) is 2.81. The molecule has 2 aromatic carbocycles. The van der Waals surface area contributed by atoms with Gasteiger partial charge in [-0.3, -0.25) is 5.01 Å². The van der Waals surface area contributed by atoms with Crippen molar-refractivity contribution in [1.82, 2.24) is 5.43 Å². The summed E-state index contributed by atoms with van der Waals surface area (Å²) in [4.78, 5) is 0. The van der Waals surface area contributed by atoms with Crippen molar-refractivity contribution >= 4 is 17.3 Å². The van der Waals surface area contributed by atoms with Crippen LogP contribution in [0.3, 0.4) is 0 Å². The third-order valence-electron chi connectivity index (χ3n) is 4.12. The molecular weight excluding hydrogens is 324 g/mol. The third kappa shape index (κ3) is 3.44. The van der Waals surface area contributed by atoms with Gasteiger partial charge in [-0.15, -0.1) is 0 Å². The molecule has 0 aliphatic carbocycles. The second-order valence-corrected chi connectivity index (χ2v) is 6.21. The minimum atomic E-state index is 0.738. The molecule has 0 unspecified atom stereocenters. The Balaban J connectivity index is 1.79. The molecule has 0 radical (unpaired) electrons. The van der Waals surface area contributed by atoms with Gasteiger partial charge in [0.05, 0.1) is 31.5 Å². The summed E-state index contributed by atoms with van der Waals surface area (Å²) in [7, 11) is 3.33. The van der Waals surface area contributed by atoms with E-state index in [0.717, 1.165) is 40.7 Å². The SMILES string of the molecule is COc1cc(CC2=C(C)CN(c3ccccc3Cl)N2)cc(OC)c1. The first-order valence-electron chi connectivity index (χ1n) is 7.80. The van der Waals surface area contributed by atoms with Gasteiger partial charge in [0.2, 0.25) is 0 Å². The number of anilines is 1. The first-order chi connectivity index (χ1) is 11.6. The monoisotopic (exact) mass is 344 g/mol. The van der Waals surface area contributed by atoms with E-state index in [4.69, 9.17) is 21.1 Å². The van der Waals surface area contributed by atoms with Gasteiger partial charge in [0, 0.05) is 18.2 Å². The van der Waals surface area contributed by atoms with E-state index in [-0.39, 0.29) is 0 Å². The molecule has 1 heterocycles. The van der Waals surface area contributed by atoms with Gasteiger partial charge in [0.1, 0.15) is 11.5 Å². The van der Waals surface area contributed by atoms with Gasteiger partial charge >= 0.3 is 0 Å². The quantitative estimate of drug-likeness (QED) is 0.881. The van der Waals surface area contributed by atoms with E-state index in [9.17, 15) is 0 Å². The molecule has 3 rings (SSSR count). The molecule has 5 heteroatoms. The molecule has 0 aromatic heterocycles. The van der Waals surface area contributed by atoms with E-state index in [1.807, 2.05) is 42.5 Å². The van der Waals surface area contributed by atoms with Crippen molar-refractivity contribution in [2.75, 3.05) is 25.8 Å². The van der Waals surface area contributed by atoms with Crippen LogP contribution in [0.2, 0.25) is 5.02 Å². The van der Waals surface area contributed by atoms with E-state index in [1.54, 1.807) is 14.2 Å². The van der Waals surface area contributed by atoms with Crippen LogP contribution >= 0.6 is 11.6 Å².